The minimum Gasteiger partial charge on any atom is -0.494 e. The molecule has 3 rings (SSSR count). The number of pyridine rings is 1. The van der Waals surface area contributed by atoms with Crippen LogP contribution in [0.2, 0.25) is 0 Å². The lowest BCUT2D eigenvalue weighted by molar-refractivity contribution is 0.406. The Hall–Kier alpha value is -2.12. The van der Waals surface area contributed by atoms with Crippen LogP contribution in [0.3, 0.4) is 0 Å². The van der Waals surface area contributed by atoms with Gasteiger partial charge < -0.3 is 4.74 Å². The molecule has 0 amide bonds. The number of aromatic nitrogens is 1. The molecule has 0 aliphatic rings. The largest absolute Gasteiger partial charge is 0.494 e. The molecular formula is C15H14N2O3S2. The van der Waals surface area contributed by atoms with Crippen molar-refractivity contribution in [2.75, 3.05) is 18.5 Å². The van der Waals surface area contributed by atoms with E-state index in [0.717, 1.165) is 22.2 Å². The van der Waals surface area contributed by atoms with E-state index < -0.39 is 10.0 Å². The zero-order valence-corrected chi connectivity index (χ0v) is 13.7. The lowest BCUT2D eigenvalue weighted by Gasteiger charge is -2.18. The monoisotopic (exact) mass is 334 g/mol. The van der Waals surface area contributed by atoms with Crippen LogP contribution in [0.1, 0.15) is 0 Å². The highest BCUT2D eigenvalue weighted by atomic mass is 32.2. The van der Waals surface area contributed by atoms with E-state index in [-0.39, 0.29) is 4.21 Å². The number of hydrogen-bond donors (Lipinski definition) is 0. The summed E-state index contributed by atoms with van der Waals surface area (Å²) in [5.74, 6) is 0.715. The Morgan fingerprint density at radius 2 is 1.91 bits per heavy atom. The SMILES string of the molecule is COc1ccsc1S(=O)(=O)N(C)c1ccc2ccccc2n1. The first-order chi connectivity index (χ1) is 10.5. The van der Waals surface area contributed by atoms with E-state index in [1.54, 1.807) is 17.5 Å². The maximum absolute atomic E-state index is 12.7. The molecular weight excluding hydrogens is 320 g/mol. The molecule has 5 nitrogen and oxygen atoms in total. The summed E-state index contributed by atoms with van der Waals surface area (Å²) in [4.78, 5) is 4.42. The van der Waals surface area contributed by atoms with Gasteiger partial charge in [0.2, 0.25) is 0 Å². The van der Waals surface area contributed by atoms with Crippen molar-refractivity contribution in [3.8, 4) is 5.75 Å². The molecule has 0 fully saturated rings. The van der Waals surface area contributed by atoms with Crippen molar-refractivity contribution >= 4 is 38.1 Å². The molecule has 0 saturated heterocycles. The van der Waals surface area contributed by atoms with Gasteiger partial charge in [-0.05, 0) is 29.6 Å². The molecule has 0 unspecified atom stereocenters. The number of para-hydroxylation sites is 1. The maximum atomic E-state index is 12.7. The smallest absolute Gasteiger partial charge is 0.278 e. The van der Waals surface area contributed by atoms with Crippen molar-refractivity contribution < 1.29 is 13.2 Å². The van der Waals surface area contributed by atoms with Crippen LogP contribution in [-0.4, -0.2) is 27.6 Å². The van der Waals surface area contributed by atoms with Crippen LogP contribution in [0, 0.1) is 0 Å². The predicted molar refractivity (Wildman–Crippen MR) is 88.2 cm³/mol. The van der Waals surface area contributed by atoms with E-state index in [1.165, 1.54) is 18.5 Å². The zero-order valence-electron chi connectivity index (χ0n) is 12.1. The molecule has 2 aromatic heterocycles. The molecule has 114 valence electrons. The van der Waals surface area contributed by atoms with Crippen LogP contribution < -0.4 is 9.04 Å². The Bertz CT molecular complexity index is 919. The molecule has 0 N–H and O–H groups in total. The molecule has 7 heteroatoms. The van der Waals surface area contributed by atoms with Crippen molar-refractivity contribution in [1.29, 1.82) is 0 Å². The molecule has 2 heterocycles. The normalized spacial score (nSPS) is 11.5. The van der Waals surface area contributed by atoms with Gasteiger partial charge in [-0.15, -0.1) is 11.3 Å². The number of benzene rings is 1. The topological polar surface area (TPSA) is 59.5 Å². The van der Waals surface area contributed by atoms with Crippen molar-refractivity contribution in [1.82, 2.24) is 4.98 Å². The van der Waals surface area contributed by atoms with E-state index in [4.69, 9.17) is 4.74 Å². The molecule has 22 heavy (non-hydrogen) atoms. The quantitative estimate of drug-likeness (QED) is 0.735. The van der Waals surface area contributed by atoms with Gasteiger partial charge in [0.15, 0.2) is 4.21 Å². The lowest BCUT2D eigenvalue weighted by atomic mass is 10.2. The maximum Gasteiger partial charge on any atom is 0.278 e. The fraction of sp³-hybridized carbons (Fsp3) is 0.133. The van der Waals surface area contributed by atoms with Gasteiger partial charge in [0, 0.05) is 12.4 Å². The Morgan fingerprint density at radius 3 is 2.68 bits per heavy atom. The Balaban J connectivity index is 2.06. The predicted octanol–water partition coefficient (Wildman–Crippen LogP) is 3.13. The standard InChI is InChI=1S/C15H14N2O3S2/c1-17(22(18,19)15-13(20-2)9-10-21-15)14-8-7-11-5-3-4-6-12(11)16-14/h3-10H,1-2H3. The molecule has 0 atom stereocenters. The Morgan fingerprint density at radius 1 is 1.14 bits per heavy atom. The summed E-state index contributed by atoms with van der Waals surface area (Å²) in [6, 6.07) is 12.8. The number of hydrogen-bond acceptors (Lipinski definition) is 5. The van der Waals surface area contributed by atoms with Gasteiger partial charge in [0.25, 0.3) is 10.0 Å². The van der Waals surface area contributed by atoms with Crippen LogP contribution in [0.4, 0.5) is 5.82 Å². The van der Waals surface area contributed by atoms with Gasteiger partial charge in [-0.1, -0.05) is 18.2 Å². The second-order valence-corrected chi connectivity index (χ2v) is 7.69. The minimum absolute atomic E-state index is 0.174. The number of methoxy groups -OCH3 is 1. The average Bonchev–Trinajstić information content (AvgIpc) is 3.03. The molecule has 3 aromatic rings. The van der Waals surface area contributed by atoms with E-state index in [1.807, 2.05) is 30.3 Å². The first kappa shape index (κ1) is 14.8. The lowest BCUT2D eigenvalue weighted by Crippen LogP contribution is -2.27. The summed E-state index contributed by atoms with van der Waals surface area (Å²) in [7, 11) is -0.750. The molecule has 0 radical (unpaired) electrons. The van der Waals surface area contributed by atoms with Crippen LogP contribution in [-0.2, 0) is 10.0 Å². The number of fused-ring (bicyclic) bond motifs is 1. The second kappa shape index (κ2) is 5.58. The summed E-state index contributed by atoms with van der Waals surface area (Å²) in [6.45, 7) is 0. The Labute approximate surface area is 132 Å². The molecule has 0 aliphatic carbocycles. The van der Waals surface area contributed by atoms with Crippen LogP contribution in [0.25, 0.3) is 10.9 Å². The molecule has 0 saturated carbocycles. The van der Waals surface area contributed by atoms with Crippen molar-refractivity contribution in [3.05, 3.63) is 47.8 Å². The summed E-state index contributed by atoms with van der Waals surface area (Å²) in [6.07, 6.45) is 0. The van der Waals surface area contributed by atoms with E-state index in [0.29, 0.717) is 11.6 Å². The molecule has 0 bridgehead atoms. The van der Waals surface area contributed by atoms with Crippen LogP contribution in [0.15, 0.2) is 52.1 Å². The van der Waals surface area contributed by atoms with Gasteiger partial charge in [-0.25, -0.2) is 4.98 Å². The molecule has 1 aromatic carbocycles. The zero-order chi connectivity index (χ0) is 15.7. The summed E-state index contributed by atoms with van der Waals surface area (Å²) < 4.78 is 31.9. The average molecular weight is 334 g/mol. The highest BCUT2D eigenvalue weighted by molar-refractivity contribution is 7.94. The third-order valence-corrected chi connectivity index (χ3v) is 6.50. The van der Waals surface area contributed by atoms with E-state index in [9.17, 15) is 8.42 Å². The van der Waals surface area contributed by atoms with Gasteiger partial charge in [0.1, 0.15) is 11.6 Å². The van der Waals surface area contributed by atoms with Crippen molar-refractivity contribution in [2.45, 2.75) is 4.21 Å². The number of ether oxygens (including phenoxy) is 1. The first-order valence-electron chi connectivity index (χ1n) is 6.50. The van der Waals surface area contributed by atoms with Crippen molar-refractivity contribution in [3.63, 3.8) is 0 Å². The fourth-order valence-electron chi connectivity index (χ4n) is 2.10. The number of rotatable bonds is 4. The summed E-state index contributed by atoms with van der Waals surface area (Å²) in [5.41, 5.74) is 0.750. The number of sulfonamides is 1. The van der Waals surface area contributed by atoms with E-state index in [2.05, 4.69) is 4.98 Å². The highest BCUT2D eigenvalue weighted by Crippen LogP contribution is 2.33. The highest BCUT2D eigenvalue weighted by Gasteiger charge is 2.27. The Kier molecular flexibility index (Phi) is 3.76. The number of nitrogens with zero attached hydrogens (tertiary/aromatic N) is 2. The van der Waals surface area contributed by atoms with E-state index >= 15 is 0 Å². The second-order valence-electron chi connectivity index (χ2n) is 4.61. The third-order valence-electron chi connectivity index (χ3n) is 3.32. The van der Waals surface area contributed by atoms with Crippen LogP contribution >= 0.6 is 11.3 Å². The molecule has 0 aliphatic heterocycles. The third kappa shape index (κ3) is 2.42. The summed E-state index contributed by atoms with van der Waals surface area (Å²) >= 11 is 1.13. The number of anilines is 1. The number of thiophene rings is 1. The summed E-state index contributed by atoms with van der Waals surface area (Å²) in [5, 5.41) is 2.65. The first-order valence-corrected chi connectivity index (χ1v) is 8.82. The fourth-order valence-corrected chi connectivity index (χ4v) is 4.67. The molecule has 0 spiro atoms. The minimum atomic E-state index is -3.70. The van der Waals surface area contributed by atoms with Gasteiger partial charge in [-0.3, -0.25) is 4.31 Å². The van der Waals surface area contributed by atoms with Crippen molar-refractivity contribution in [2.24, 2.45) is 0 Å². The van der Waals surface area contributed by atoms with Gasteiger partial charge in [-0.2, -0.15) is 8.42 Å². The van der Waals surface area contributed by atoms with Gasteiger partial charge in [0.05, 0.1) is 12.6 Å². The van der Waals surface area contributed by atoms with Crippen LogP contribution in [0.5, 0.6) is 5.75 Å². The van der Waals surface area contributed by atoms with Gasteiger partial charge >= 0.3 is 0 Å².